The second-order valence-corrected chi connectivity index (χ2v) is 10.3. The van der Waals surface area contributed by atoms with E-state index in [-0.39, 0.29) is 17.9 Å². The van der Waals surface area contributed by atoms with Crippen molar-refractivity contribution in [1.82, 2.24) is 5.32 Å². The molecular weight excluding hydrogens is 693 g/mol. The number of halogens is 3. The SMILES string of the molecule is COc1cc(/C=C2\C(=O)NC(=O)N(c3ccc(Br)cc3)C2=O)cc(I)c1OCC(=O)Nc1ccc(Cl)cc1. The molecule has 1 aliphatic rings. The van der Waals surface area contributed by atoms with E-state index in [0.717, 1.165) is 9.37 Å². The van der Waals surface area contributed by atoms with Gasteiger partial charge in [0.15, 0.2) is 18.1 Å². The van der Waals surface area contributed by atoms with Gasteiger partial charge >= 0.3 is 6.03 Å². The molecule has 12 heteroatoms. The highest BCUT2D eigenvalue weighted by atomic mass is 127. The third-order valence-electron chi connectivity index (χ3n) is 5.22. The van der Waals surface area contributed by atoms with Gasteiger partial charge in [0.05, 0.1) is 16.4 Å². The Kier molecular flexibility index (Phi) is 8.69. The molecule has 0 bridgehead atoms. The van der Waals surface area contributed by atoms with E-state index in [1.165, 1.54) is 13.2 Å². The monoisotopic (exact) mass is 709 g/mol. The Hall–Kier alpha value is -3.42. The Labute approximate surface area is 244 Å². The van der Waals surface area contributed by atoms with E-state index in [1.807, 2.05) is 22.6 Å². The number of methoxy groups -OCH3 is 1. The van der Waals surface area contributed by atoms with Crippen LogP contribution in [0.3, 0.4) is 0 Å². The first kappa shape index (κ1) is 27.6. The molecular formula is C26H18BrClIN3O6. The molecule has 3 aromatic carbocycles. The topological polar surface area (TPSA) is 114 Å². The van der Waals surface area contributed by atoms with Crippen LogP contribution in [0.15, 0.2) is 70.7 Å². The Bertz CT molecular complexity index is 1460. The average Bonchev–Trinajstić information content (AvgIpc) is 2.88. The minimum Gasteiger partial charge on any atom is -0.493 e. The van der Waals surface area contributed by atoms with Crippen LogP contribution in [0.5, 0.6) is 11.5 Å². The summed E-state index contributed by atoms with van der Waals surface area (Å²) in [4.78, 5) is 51.3. The summed E-state index contributed by atoms with van der Waals surface area (Å²) in [6.07, 6.45) is 1.36. The average molecular weight is 711 g/mol. The highest BCUT2D eigenvalue weighted by Crippen LogP contribution is 2.35. The first-order valence-electron chi connectivity index (χ1n) is 10.9. The number of hydrogen-bond acceptors (Lipinski definition) is 6. The molecule has 9 nitrogen and oxygen atoms in total. The van der Waals surface area contributed by atoms with Crippen molar-refractivity contribution in [2.75, 3.05) is 23.9 Å². The summed E-state index contributed by atoms with van der Waals surface area (Å²) >= 11 is 11.2. The quantitative estimate of drug-likeness (QED) is 0.193. The Morgan fingerprint density at radius 2 is 1.79 bits per heavy atom. The predicted molar refractivity (Wildman–Crippen MR) is 154 cm³/mol. The van der Waals surface area contributed by atoms with Gasteiger partial charge in [0.1, 0.15) is 5.57 Å². The minimum absolute atomic E-state index is 0.235. The number of benzene rings is 3. The van der Waals surface area contributed by atoms with Gasteiger partial charge in [0.2, 0.25) is 0 Å². The number of ether oxygens (including phenoxy) is 2. The van der Waals surface area contributed by atoms with Crippen molar-refractivity contribution in [2.45, 2.75) is 0 Å². The maximum absolute atomic E-state index is 13.1. The summed E-state index contributed by atoms with van der Waals surface area (Å²) in [5, 5.41) is 5.44. The van der Waals surface area contributed by atoms with E-state index in [1.54, 1.807) is 60.7 Å². The number of amides is 5. The van der Waals surface area contributed by atoms with Crippen LogP contribution in [-0.4, -0.2) is 37.5 Å². The maximum Gasteiger partial charge on any atom is 0.335 e. The van der Waals surface area contributed by atoms with Gasteiger partial charge in [-0.1, -0.05) is 27.5 Å². The van der Waals surface area contributed by atoms with Gasteiger partial charge in [-0.05, 0) is 94.9 Å². The Morgan fingerprint density at radius 1 is 1.11 bits per heavy atom. The van der Waals surface area contributed by atoms with Gasteiger partial charge in [-0.3, -0.25) is 19.7 Å². The fraction of sp³-hybridized carbons (Fsp3) is 0.0769. The molecule has 0 radical (unpaired) electrons. The van der Waals surface area contributed by atoms with Gasteiger partial charge < -0.3 is 14.8 Å². The summed E-state index contributed by atoms with van der Waals surface area (Å²) in [6.45, 7) is -0.291. The molecule has 38 heavy (non-hydrogen) atoms. The van der Waals surface area contributed by atoms with E-state index in [0.29, 0.717) is 31.3 Å². The van der Waals surface area contributed by atoms with Crippen molar-refractivity contribution in [3.05, 3.63) is 84.9 Å². The number of nitrogens with zero attached hydrogens (tertiary/aromatic N) is 1. The molecule has 4 rings (SSSR count). The molecule has 5 amide bonds. The molecule has 0 spiro atoms. The smallest absolute Gasteiger partial charge is 0.335 e. The lowest BCUT2D eigenvalue weighted by molar-refractivity contribution is -0.122. The first-order chi connectivity index (χ1) is 18.2. The molecule has 0 aromatic heterocycles. The number of nitrogens with one attached hydrogen (secondary N) is 2. The summed E-state index contributed by atoms with van der Waals surface area (Å²) in [5.41, 5.74) is 1.09. The van der Waals surface area contributed by atoms with Crippen LogP contribution in [0.4, 0.5) is 16.2 Å². The summed E-state index contributed by atoms with van der Waals surface area (Å²) < 4.78 is 12.5. The number of imide groups is 2. The largest absolute Gasteiger partial charge is 0.493 e. The van der Waals surface area contributed by atoms with E-state index in [9.17, 15) is 19.2 Å². The molecule has 1 aliphatic heterocycles. The number of carbonyl (C=O) groups excluding carboxylic acids is 4. The number of hydrogen-bond donors (Lipinski definition) is 2. The second kappa shape index (κ2) is 12.0. The van der Waals surface area contributed by atoms with Crippen LogP contribution < -0.4 is 25.0 Å². The molecule has 3 aromatic rings. The fourth-order valence-electron chi connectivity index (χ4n) is 3.48. The van der Waals surface area contributed by atoms with Gasteiger partial charge in [-0.2, -0.15) is 0 Å². The molecule has 0 unspecified atom stereocenters. The molecule has 0 saturated carbocycles. The second-order valence-electron chi connectivity index (χ2n) is 7.81. The van der Waals surface area contributed by atoms with Crippen molar-refractivity contribution >= 4 is 91.3 Å². The van der Waals surface area contributed by atoms with Crippen LogP contribution >= 0.6 is 50.1 Å². The van der Waals surface area contributed by atoms with Crippen molar-refractivity contribution in [2.24, 2.45) is 0 Å². The highest BCUT2D eigenvalue weighted by Gasteiger charge is 2.36. The summed E-state index contributed by atoms with van der Waals surface area (Å²) in [6, 6.07) is 15.5. The maximum atomic E-state index is 13.1. The molecule has 194 valence electrons. The van der Waals surface area contributed by atoms with Gasteiger partial charge in [0, 0.05) is 15.2 Å². The van der Waals surface area contributed by atoms with Crippen LogP contribution in [-0.2, 0) is 14.4 Å². The molecule has 2 N–H and O–H groups in total. The lowest BCUT2D eigenvalue weighted by Gasteiger charge is -2.26. The Balaban J connectivity index is 1.55. The van der Waals surface area contributed by atoms with Crippen molar-refractivity contribution in [1.29, 1.82) is 0 Å². The summed E-state index contributed by atoms with van der Waals surface area (Å²) in [7, 11) is 1.43. The molecule has 1 heterocycles. The number of rotatable bonds is 7. The fourth-order valence-corrected chi connectivity index (χ4v) is 4.65. The lowest BCUT2D eigenvalue weighted by atomic mass is 10.1. The minimum atomic E-state index is -0.841. The van der Waals surface area contributed by atoms with Crippen molar-refractivity contribution in [3.8, 4) is 11.5 Å². The summed E-state index contributed by atoms with van der Waals surface area (Å²) in [5.74, 6) is -1.38. The molecule has 0 aliphatic carbocycles. The van der Waals surface area contributed by atoms with Crippen LogP contribution in [0.2, 0.25) is 5.02 Å². The first-order valence-corrected chi connectivity index (χ1v) is 13.1. The third kappa shape index (κ3) is 6.34. The van der Waals surface area contributed by atoms with Gasteiger partial charge in [-0.25, -0.2) is 9.69 Å². The third-order valence-corrected chi connectivity index (χ3v) is 6.81. The van der Waals surface area contributed by atoms with E-state index >= 15 is 0 Å². The predicted octanol–water partition coefficient (Wildman–Crippen LogP) is 5.40. The molecule has 1 fully saturated rings. The molecule has 1 saturated heterocycles. The van der Waals surface area contributed by atoms with E-state index in [2.05, 4.69) is 26.6 Å². The van der Waals surface area contributed by atoms with Crippen molar-refractivity contribution < 1.29 is 28.7 Å². The Morgan fingerprint density at radius 3 is 2.45 bits per heavy atom. The number of urea groups is 1. The van der Waals surface area contributed by atoms with Gasteiger partial charge in [-0.15, -0.1) is 0 Å². The zero-order chi connectivity index (χ0) is 27.4. The van der Waals surface area contributed by atoms with E-state index < -0.39 is 23.8 Å². The zero-order valence-electron chi connectivity index (χ0n) is 19.6. The molecule has 0 atom stereocenters. The van der Waals surface area contributed by atoms with Crippen molar-refractivity contribution in [3.63, 3.8) is 0 Å². The standard InChI is InChI=1S/C26H18BrClIN3O6/c1-37-21-12-14(11-20(29)23(21)38-13-22(33)30-17-6-4-16(28)5-7-17)10-19-24(34)31-26(36)32(25(19)35)18-8-2-15(27)3-9-18/h2-12H,13H2,1H3,(H,30,33)(H,31,34,36)/b19-10+. The zero-order valence-corrected chi connectivity index (χ0v) is 24.1. The normalized spacial score (nSPS) is 14.4. The number of anilines is 2. The number of barbiturate groups is 1. The number of carbonyl (C=O) groups is 4. The van der Waals surface area contributed by atoms with Crippen LogP contribution in [0.1, 0.15) is 5.56 Å². The van der Waals surface area contributed by atoms with Gasteiger partial charge in [0.25, 0.3) is 17.7 Å². The highest BCUT2D eigenvalue weighted by molar-refractivity contribution is 14.1. The lowest BCUT2D eigenvalue weighted by Crippen LogP contribution is -2.54. The van der Waals surface area contributed by atoms with E-state index in [4.69, 9.17) is 21.1 Å². The van der Waals surface area contributed by atoms with Crippen LogP contribution in [0.25, 0.3) is 6.08 Å². The van der Waals surface area contributed by atoms with Crippen LogP contribution in [0, 0.1) is 3.57 Å².